The molecule has 0 aromatic carbocycles. The zero-order chi connectivity index (χ0) is 13.9. The number of hydrogen-bond donors (Lipinski definition) is 1. The second-order valence-corrected chi connectivity index (χ2v) is 5.12. The highest BCUT2D eigenvalue weighted by Gasteiger charge is 2.31. The maximum absolute atomic E-state index is 5.86. The number of aromatic nitrogens is 4. The topological polar surface area (TPSA) is 64.9 Å². The Balaban J connectivity index is 1.66. The van der Waals surface area contributed by atoms with Gasteiger partial charge in [0.15, 0.2) is 0 Å². The molecule has 1 N–H and O–H groups in total. The lowest BCUT2D eigenvalue weighted by molar-refractivity contribution is 0.0866. The molecule has 1 fully saturated rings. The van der Waals surface area contributed by atoms with Crippen molar-refractivity contribution in [2.75, 3.05) is 18.5 Å². The minimum atomic E-state index is 0.0970. The average molecular weight is 273 g/mol. The zero-order valence-corrected chi connectivity index (χ0v) is 11.8. The number of hydrogen-bond acceptors (Lipinski definition) is 5. The summed E-state index contributed by atoms with van der Waals surface area (Å²) >= 11 is 0. The van der Waals surface area contributed by atoms with Gasteiger partial charge in [0.05, 0.1) is 5.69 Å². The molecule has 0 unspecified atom stereocenters. The van der Waals surface area contributed by atoms with Gasteiger partial charge in [0.2, 0.25) is 5.95 Å². The minimum Gasteiger partial charge on any atom is -0.372 e. The summed E-state index contributed by atoms with van der Waals surface area (Å²) in [5.74, 6) is 1.09. The van der Waals surface area contributed by atoms with E-state index in [4.69, 9.17) is 4.74 Å². The molecule has 0 amide bonds. The first kappa shape index (κ1) is 13.1. The van der Waals surface area contributed by atoms with Crippen LogP contribution in [0.1, 0.15) is 23.9 Å². The number of anilines is 1. The highest BCUT2D eigenvalue weighted by Crippen LogP contribution is 2.34. The summed E-state index contributed by atoms with van der Waals surface area (Å²) in [5, 5.41) is 7.52. The molecule has 0 radical (unpaired) electrons. The smallest absolute Gasteiger partial charge is 0.222 e. The molecule has 2 atom stereocenters. The van der Waals surface area contributed by atoms with Crippen LogP contribution >= 0.6 is 0 Å². The van der Waals surface area contributed by atoms with E-state index in [1.165, 1.54) is 0 Å². The molecule has 106 valence electrons. The minimum absolute atomic E-state index is 0.0970. The maximum Gasteiger partial charge on any atom is 0.222 e. The lowest BCUT2D eigenvalue weighted by Gasteiger charge is -2.19. The number of rotatable bonds is 4. The number of aryl methyl sites for hydroxylation is 2. The Morgan fingerprint density at radius 1 is 1.40 bits per heavy atom. The van der Waals surface area contributed by atoms with Crippen molar-refractivity contribution in [3.8, 4) is 0 Å². The number of ether oxygens (including phenoxy) is 1. The molecule has 1 saturated heterocycles. The second-order valence-electron chi connectivity index (χ2n) is 5.12. The Kier molecular flexibility index (Phi) is 3.64. The summed E-state index contributed by atoms with van der Waals surface area (Å²) in [6.45, 7) is 3.56. The molecule has 0 aliphatic carbocycles. The van der Waals surface area contributed by atoms with Gasteiger partial charge in [-0.2, -0.15) is 5.10 Å². The van der Waals surface area contributed by atoms with E-state index in [9.17, 15) is 0 Å². The van der Waals surface area contributed by atoms with Crippen LogP contribution in [-0.2, 0) is 11.8 Å². The van der Waals surface area contributed by atoms with Crippen molar-refractivity contribution < 1.29 is 4.74 Å². The molecule has 2 aromatic rings. The summed E-state index contributed by atoms with van der Waals surface area (Å²) in [4.78, 5) is 8.58. The van der Waals surface area contributed by atoms with E-state index < -0.39 is 0 Å². The summed E-state index contributed by atoms with van der Waals surface area (Å²) in [5.41, 5.74) is 2.09. The Bertz CT molecular complexity index is 582. The molecular formula is C14H19N5O. The molecule has 0 bridgehead atoms. The normalized spacial score (nSPS) is 22.1. The molecule has 6 heteroatoms. The molecule has 0 saturated carbocycles. The van der Waals surface area contributed by atoms with Gasteiger partial charge in [0.1, 0.15) is 6.10 Å². The van der Waals surface area contributed by atoms with Gasteiger partial charge < -0.3 is 10.1 Å². The van der Waals surface area contributed by atoms with Crippen molar-refractivity contribution in [1.82, 2.24) is 19.7 Å². The summed E-state index contributed by atoms with van der Waals surface area (Å²) in [6, 6.07) is 3.91. The van der Waals surface area contributed by atoms with Crippen molar-refractivity contribution in [3.05, 3.63) is 35.9 Å². The van der Waals surface area contributed by atoms with Crippen molar-refractivity contribution in [2.24, 2.45) is 13.0 Å². The summed E-state index contributed by atoms with van der Waals surface area (Å²) in [6.07, 6.45) is 4.72. The average Bonchev–Trinajstić information content (AvgIpc) is 3.04. The van der Waals surface area contributed by atoms with Gasteiger partial charge >= 0.3 is 0 Å². The van der Waals surface area contributed by atoms with Crippen LogP contribution in [0.25, 0.3) is 0 Å². The van der Waals surface area contributed by atoms with Crippen LogP contribution in [0.15, 0.2) is 24.5 Å². The van der Waals surface area contributed by atoms with Gasteiger partial charge in [0.25, 0.3) is 0 Å². The predicted octanol–water partition coefficient (Wildman–Crippen LogP) is 1.71. The maximum atomic E-state index is 5.86. The van der Waals surface area contributed by atoms with Gasteiger partial charge in [-0.05, 0) is 25.5 Å². The highest BCUT2D eigenvalue weighted by atomic mass is 16.5. The molecule has 3 heterocycles. The van der Waals surface area contributed by atoms with E-state index in [0.717, 1.165) is 31.0 Å². The van der Waals surface area contributed by atoms with Crippen LogP contribution in [0.2, 0.25) is 0 Å². The van der Waals surface area contributed by atoms with Crippen LogP contribution < -0.4 is 5.32 Å². The number of nitrogens with one attached hydrogen (secondary N) is 1. The Hall–Kier alpha value is -1.95. The summed E-state index contributed by atoms with van der Waals surface area (Å²) < 4.78 is 7.74. The van der Waals surface area contributed by atoms with Crippen molar-refractivity contribution >= 4 is 5.95 Å². The van der Waals surface area contributed by atoms with Gasteiger partial charge in [-0.1, -0.05) is 0 Å². The molecule has 20 heavy (non-hydrogen) atoms. The van der Waals surface area contributed by atoms with Crippen LogP contribution in [0.4, 0.5) is 5.95 Å². The van der Waals surface area contributed by atoms with E-state index in [1.807, 2.05) is 37.0 Å². The third kappa shape index (κ3) is 2.65. The fraction of sp³-hybridized carbons (Fsp3) is 0.500. The second kappa shape index (κ2) is 5.58. The van der Waals surface area contributed by atoms with Crippen LogP contribution in [-0.4, -0.2) is 32.9 Å². The van der Waals surface area contributed by atoms with Crippen molar-refractivity contribution in [3.63, 3.8) is 0 Å². The Morgan fingerprint density at radius 3 is 3.05 bits per heavy atom. The molecule has 2 aromatic heterocycles. The SMILES string of the molecule is Cc1ccnc(NC[C@@H]2CCO[C@H]2c2ccnn2C)n1. The third-order valence-electron chi connectivity index (χ3n) is 3.68. The lowest BCUT2D eigenvalue weighted by atomic mass is 9.99. The highest BCUT2D eigenvalue weighted by molar-refractivity contribution is 5.25. The zero-order valence-electron chi connectivity index (χ0n) is 11.8. The fourth-order valence-corrected chi connectivity index (χ4v) is 2.59. The van der Waals surface area contributed by atoms with E-state index >= 15 is 0 Å². The Labute approximate surface area is 118 Å². The monoisotopic (exact) mass is 273 g/mol. The first-order chi connectivity index (χ1) is 9.74. The van der Waals surface area contributed by atoms with Crippen LogP contribution in [0.5, 0.6) is 0 Å². The standard InChI is InChI=1S/C14H19N5O/c1-10-3-6-15-14(18-10)16-9-11-5-8-20-13(11)12-4-7-17-19(12)2/h3-4,6-7,11,13H,5,8-9H2,1-2H3,(H,15,16,18)/t11-,13+/m0/s1. The van der Waals surface area contributed by atoms with Gasteiger partial charge in [0, 0.05) is 44.2 Å². The first-order valence-electron chi connectivity index (χ1n) is 6.87. The van der Waals surface area contributed by atoms with E-state index in [2.05, 4.69) is 20.4 Å². The van der Waals surface area contributed by atoms with Crippen molar-refractivity contribution in [2.45, 2.75) is 19.4 Å². The van der Waals surface area contributed by atoms with Gasteiger partial charge in [-0.3, -0.25) is 4.68 Å². The van der Waals surface area contributed by atoms with E-state index in [0.29, 0.717) is 11.9 Å². The molecule has 6 nitrogen and oxygen atoms in total. The molecular weight excluding hydrogens is 254 g/mol. The largest absolute Gasteiger partial charge is 0.372 e. The predicted molar refractivity (Wildman–Crippen MR) is 75.3 cm³/mol. The van der Waals surface area contributed by atoms with Gasteiger partial charge in [-0.15, -0.1) is 0 Å². The summed E-state index contributed by atoms with van der Waals surface area (Å²) in [7, 11) is 1.95. The first-order valence-corrected chi connectivity index (χ1v) is 6.87. The quantitative estimate of drug-likeness (QED) is 0.918. The van der Waals surface area contributed by atoms with Crippen LogP contribution in [0.3, 0.4) is 0 Å². The fourth-order valence-electron chi connectivity index (χ4n) is 2.59. The van der Waals surface area contributed by atoms with Gasteiger partial charge in [-0.25, -0.2) is 9.97 Å². The van der Waals surface area contributed by atoms with E-state index in [1.54, 1.807) is 6.20 Å². The molecule has 1 aliphatic rings. The molecule has 0 spiro atoms. The van der Waals surface area contributed by atoms with Crippen molar-refractivity contribution in [1.29, 1.82) is 0 Å². The van der Waals surface area contributed by atoms with E-state index in [-0.39, 0.29) is 6.10 Å². The molecule has 1 aliphatic heterocycles. The Morgan fingerprint density at radius 2 is 2.30 bits per heavy atom. The molecule has 3 rings (SSSR count). The third-order valence-corrected chi connectivity index (χ3v) is 3.68. The van der Waals surface area contributed by atoms with Crippen LogP contribution in [0, 0.1) is 12.8 Å². The lowest BCUT2D eigenvalue weighted by Crippen LogP contribution is -2.20. The number of nitrogens with zero attached hydrogens (tertiary/aromatic N) is 4.